The summed E-state index contributed by atoms with van der Waals surface area (Å²) < 4.78 is 27.2. The van der Waals surface area contributed by atoms with Crippen LogP contribution in [0.5, 0.6) is 0 Å². The van der Waals surface area contributed by atoms with Gasteiger partial charge in [0.1, 0.15) is 4.90 Å². The van der Waals surface area contributed by atoms with Crippen LogP contribution in [0.1, 0.15) is 19.3 Å². The molecule has 0 aliphatic heterocycles. The molecule has 0 spiro atoms. The molecular formula is C12H17ClN2O2S2. The van der Waals surface area contributed by atoms with Gasteiger partial charge in [0.05, 0.1) is 5.02 Å². The van der Waals surface area contributed by atoms with E-state index in [0.29, 0.717) is 12.2 Å². The number of nitrogen functional groups attached to an aromatic ring is 1. The molecule has 0 aromatic heterocycles. The van der Waals surface area contributed by atoms with E-state index in [1.165, 1.54) is 12.1 Å². The van der Waals surface area contributed by atoms with Crippen molar-refractivity contribution in [3.05, 3.63) is 23.2 Å². The second-order valence-corrected chi connectivity index (χ2v) is 8.17. The van der Waals surface area contributed by atoms with Crippen LogP contribution in [0.15, 0.2) is 23.1 Å². The molecule has 7 heteroatoms. The molecule has 0 saturated heterocycles. The van der Waals surface area contributed by atoms with Gasteiger partial charge in [-0.05, 0) is 37.3 Å². The largest absolute Gasteiger partial charge is 0.399 e. The molecule has 1 aliphatic carbocycles. The van der Waals surface area contributed by atoms with Gasteiger partial charge in [-0.15, -0.1) is 0 Å². The van der Waals surface area contributed by atoms with E-state index in [4.69, 9.17) is 17.3 Å². The fraction of sp³-hybridized carbons (Fsp3) is 0.500. The Morgan fingerprint density at radius 2 is 2.16 bits per heavy atom. The van der Waals surface area contributed by atoms with Crippen molar-refractivity contribution in [2.75, 3.05) is 18.5 Å². The van der Waals surface area contributed by atoms with E-state index in [2.05, 4.69) is 4.72 Å². The van der Waals surface area contributed by atoms with Crippen LogP contribution in [-0.4, -0.2) is 26.0 Å². The minimum atomic E-state index is -3.61. The number of rotatable bonds is 5. The third kappa shape index (κ3) is 3.18. The molecule has 1 saturated carbocycles. The molecular weight excluding hydrogens is 304 g/mol. The van der Waals surface area contributed by atoms with E-state index >= 15 is 0 Å². The number of hydrogen-bond acceptors (Lipinski definition) is 4. The van der Waals surface area contributed by atoms with Gasteiger partial charge in [0, 0.05) is 17.0 Å². The molecule has 106 valence electrons. The minimum absolute atomic E-state index is 0.0415. The van der Waals surface area contributed by atoms with Crippen molar-refractivity contribution in [2.24, 2.45) is 0 Å². The molecule has 19 heavy (non-hydrogen) atoms. The summed E-state index contributed by atoms with van der Waals surface area (Å²) >= 11 is 7.65. The zero-order chi connectivity index (χ0) is 14.1. The van der Waals surface area contributed by atoms with E-state index in [0.717, 1.165) is 19.3 Å². The van der Waals surface area contributed by atoms with Gasteiger partial charge in [0.15, 0.2) is 0 Å². The van der Waals surface area contributed by atoms with Gasteiger partial charge in [-0.25, -0.2) is 13.1 Å². The summed E-state index contributed by atoms with van der Waals surface area (Å²) in [4.78, 5) is 0.0461. The average Bonchev–Trinajstić information content (AvgIpc) is 2.31. The molecule has 2 rings (SSSR count). The Kier molecular flexibility index (Phi) is 4.35. The lowest BCUT2D eigenvalue weighted by molar-refractivity contribution is 0.362. The maximum atomic E-state index is 12.2. The lowest BCUT2D eigenvalue weighted by atomic mass is 9.84. The number of anilines is 1. The van der Waals surface area contributed by atoms with Crippen LogP contribution in [0.4, 0.5) is 5.69 Å². The van der Waals surface area contributed by atoms with Crippen LogP contribution < -0.4 is 10.5 Å². The van der Waals surface area contributed by atoms with Gasteiger partial charge in [-0.3, -0.25) is 0 Å². The Hall–Kier alpha value is -0.430. The topological polar surface area (TPSA) is 72.2 Å². The van der Waals surface area contributed by atoms with Gasteiger partial charge in [-0.1, -0.05) is 18.0 Å². The molecule has 0 bridgehead atoms. The van der Waals surface area contributed by atoms with E-state index in [1.807, 2.05) is 6.26 Å². The predicted octanol–water partition coefficient (Wildman–Crippen LogP) is 2.49. The zero-order valence-corrected chi connectivity index (χ0v) is 13.0. The number of thioether (sulfide) groups is 1. The van der Waals surface area contributed by atoms with Gasteiger partial charge < -0.3 is 5.73 Å². The summed E-state index contributed by atoms with van der Waals surface area (Å²) in [5, 5.41) is 0.188. The highest BCUT2D eigenvalue weighted by Gasteiger charge is 2.37. The van der Waals surface area contributed by atoms with Crippen molar-refractivity contribution < 1.29 is 8.42 Å². The van der Waals surface area contributed by atoms with Crippen LogP contribution >= 0.6 is 23.4 Å². The first-order valence-corrected chi connectivity index (χ1v) is 9.07. The van der Waals surface area contributed by atoms with Crippen LogP contribution in [0.3, 0.4) is 0 Å². The Bertz CT molecular complexity index is 566. The number of benzene rings is 1. The zero-order valence-electron chi connectivity index (χ0n) is 10.6. The van der Waals surface area contributed by atoms with Crippen molar-refractivity contribution in [1.82, 2.24) is 4.72 Å². The Morgan fingerprint density at radius 3 is 2.68 bits per heavy atom. The van der Waals surface area contributed by atoms with Gasteiger partial charge in [0.25, 0.3) is 0 Å². The SMILES string of the molecule is CSC1(CNS(=O)(=O)c2cc(N)ccc2Cl)CCC1. The van der Waals surface area contributed by atoms with Crippen LogP contribution in [0.25, 0.3) is 0 Å². The molecule has 0 radical (unpaired) electrons. The quantitative estimate of drug-likeness (QED) is 0.818. The first-order chi connectivity index (χ1) is 8.88. The standard InChI is InChI=1S/C12H17ClN2O2S2/c1-18-12(5-2-6-12)8-15-19(16,17)11-7-9(14)3-4-10(11)13/h3-4,7,15H,2,5-6,8,14H2,1H3. The van der Waals surface area contributed by atoms with Gasteiger partial charge in [0.2, 0.25) is 10.0 Å². The first-order valence-electron chi connectivity index (χ1n) is 5.98. The average molecular weight is 321 g/mol. The van der Waals surface area contributed by atoms with Crippen molar-refractivity contribution in [3.8, 4) is 0 Å². The second-order valence-electron chi connectivity index (χ2n) is 4.76. The molecule has 1 fully saturated rings. The smallest absolute Gasteiger partial charge is 0.242 e. The van der Waals surface area contributed by atoms with Crippen molar-refractivity contribution >= 4 is 39.1 Å². The number of halogens is 1. The highest BCUT2D eigenvalue weighted by Crippen LogP contribution is 2.42. The number of sulfonamides is 1. The minimum Gasteiger partial charge on any atom is -0.399 e. The molecule has 1 aliphatic rings. The predicted molar refractivity (Wildman–Crippen MR) is 81.1 cm³/mol. The highest BCUT2D eigenvalue weighted by molar-refractivity contribution is 8.00. The summed E-state index contributed by atoms with van der Waals surface area (Å²) in [5.74, 6) is 0. The van der Waals surface area contributed by atoms with Crippen LogP contribution in [0.2, 0.25) is 5.02 Å². The molecule has 1 aromatic carbocycles. The fourth-order valence-corrected chi connectivity index (χ4v) is 4.72. The maximum absolute atomic E-state index is 12.2. The van der Waals surface area contributed by atoms with E-state index in [1.54, 1.807) is 17.8 Å². The summed E-state index contributed by atoms with van der Waals surface area (Å²) in [6.07, 6.45) is 5.26. The summed E-state index contributed by atoms with van der Waals surface area (Å²) in [7, 11) is -3.61. The lowest BCUT2D eigenvalue weighted by Crippen LogP contribution is -2.45. The van der Waals surface area contributed by atoms with Gasteiger partial charge >= 0.3 is 0 Å². The van der Waals surface area contributed by atoms with E-state index < -0.39 is 10.0 Å². The maximum Gasteiger partial charge on any atom is 0.242 e. The van der Waals surface area contributed by atoms with Crippen molar-refractivity contribution in [3.63, 3.8) is 0 Å². The fourth-order valence-electron chi connectivity index (χ4n) is 2.05. The van der Waals surface area contributed by atoms with Crippen LogP contribution in [-0.2, 0) is 10.0 Å². The molecule has 4 nitrogen and oxygen atoms in total. The van der Waals surface area contributed by atoms with Crippen LogP contribution in [0, 0.1) is 0 Å². The normalized spacial score (nSPS) is 18.0. The first kappa shape index (κ1) is 15.0. The summed E-state index contributed by atoms with van der Waals surface area (Å²) in [5.41, 5.74) is 6.00. The Morgan fingerprint density at radius 1 is 1.47 bits per heavy atom. The third-order valence-electron chi connectivity index (χ3n) is 3.53. The monoisotopic (exact) mass is 320 g/mol. The molecule has 0 amide bonds. The summed E-state index contributed by atoms with van der Waals surface area (Å²) in [6, 6.07) is 4.47. The molecule has 0 unspecified atom stereocenters. The lowest BCUT2D eigenvalue weighted by Gasteiger charge is -2.40. The van der Waals surface area contributed by atoms with E-state index in [9.17, 15) is 8.42 Å². The van der Waals surface area contributed by atoms with Gasteiger partial charge in [-0.2, -0.15) is 11.8 Å². The van der Waals surface area contributed by atoms with Crippen molar-refractivity contribution in [1.29, 1.82) is 0 Å². The highest BCUT2D eigenvalue weighted by atomic mass is 35.5. The number of nitrogens with one attached hydrogen (secondary N) is 1. The van der Waals surface area contributed by atoms with Crippen molar-refractivity contribution in [2.45, 2.75) is 28.9 Å². The third-order valence-corrected chi connectivity index (χ3v) is 6.83. The summed E-state index contributed by atoms with van der Waals surface area (Å²) in [6.45, 7) is 0.432. The second kappa shape index (κ2) is 5.52. The molecule has 3 N–H and O–H groups in total. The van der Waals surface area contributed by atoms with E-state index in [-0.39, 0.29) is 14.7 Å². The number of hydrogen-bond donors (Lipinski definition) is 2. The molecule has 0 heterocycles. The molecule has 0 atom stereocenters. The number of nitrogens with two attached hydrogens (primary N) is 1. The Balaban J connectivity index is 2.16. The molecule has 1 aromatic rings. The Labute approximate surface area is 123 Å².